The lowest BCUT2D eigenvalue weighted by Gasteiger charge is -2.17. The van der Waals surface area contributed by atoms with Crippen LogP contribution in [0, 0.1) is 9.49 Å². The highest BCUT2D eigenvalue weighted by molar-refractivity contribution is 14.1. The molecule has 1 saturated carbocycles. The highest BCUT2D eigenvalue weighted by Gasteiger charge is 2.31. The summed E-state index contributed by atoms with van der Waals surface area (Å²) in [5.41, 5.74) is 1.23. The second-order valence-electron chi connectivity index (χ2n) is 4.06. The Kier molecular flexibility index (Phi) is 3.29. The molecule has 0 N–H and O–H groups in total. The highest BCUT2D eigenvalue weighted by atomic mass is 127. The van der Waals surface area contributed by atoms with E-state index < -0.39 is 0 Å². The number of carbonyl (C=O) groups excluding carboxylic acids is 1. The topological polar surface area (TPSA) is 20.3 Å². The van der Waals surface area contributed by atoms with Gasteiger partial charge in [0.2, 0.25) is 5.91 Å². The van der Waals surface area contributed by atoms with Crippen LogP contribution in [0.5, 0.6) is 0 Å². The predicted molar refractivity (Wildman–Crippen MR) is 68.4 cm³/mol. The van der Waals surface area contributed by atoms with Crippen molar-refractivity contribution >= 4 is 28.5 Å². The zero-order valence-corrected chi connectivity index (χ0v) is 10.9. The molecular formula is C12H14INO. The largest absolute Gasteiger partial charge is 0.341 e. The molecule has 1 amide bonds. The van der Waals surface area contributed by atoms with Crippen molar-refractivity contribution < 1.29 is 4.79 Å². The van der Waals surface area contributed by atoms with Gasteiger partial charge in [-0.1, -0.05) is 18.2 Å². The summed E-state index contributed by atoms with van der Waals surface area (Å²) in [6.45, 7) is 0.731. The fourth-order valence-corrected chi connectivity index (χ4v) is 2.16. The number of amides is 1. The molecule has 0 bridgehead atoms. The number of rotatable bonds is 3. The van der Waals surface area contributed by atoms with Crippen LogP contribution in [0.4, 0.5) is 0 Å². The molecule has 1 aliphatic rings. The van der Waals surface area contributed by atoms with E-state index in [9.17, 15) is 4.79 Å². The molecule has 0 spiro atoms. The predicted octanol–water partition coefficient (Wildman–Crippen LogP) is 2.66. The minimum absolute atomic E-state index is 0.301. The molecule has 80 valence electrons. The zero-order valence-electron chi connectivity index (χ0n) is 8.74. The van der Waals surface area contributed by atoms with E-state index in [1.54, 1.807) is 0 Å². The Labute approximate surface area is 104 Å². The molecule has 0 aromatic heterocycles. The summed E-state index contributed by atoms with van der Waals surface area (Å²) >= 11 is 2.31. The van der Waals surface area contributed by atoms with Crippen LogP contribution in [0.3, 0.4) is 0 Å². The third-order valence-corrected chi connectivity index (χ3v) is 3.72. The number of carbonyl (C=O) groups is 1. The van der Waals surface area contributed by atoms with Gasteiger partial charge >= 0.3 is 0 Å². The maximum absolute atomic E-state index is 11.7. The second kappa shape index (κ2) is 4.51. The Morgan fingerprint density at radius 1 is 1.47 bits per heavy atom. The van der Waals surface area contributed by atoms with Crippen molar-refractivity contribution in [2.24, 2.45) is 5.92 Å². The van der Waals surface area contributed by atoms with E-state index in [-0.39, 0.29) is 0 Å². The van der Waals surface area contributed by atoms with Crippen molar-refractivity contribution in [1.82, 2.24) is 4.90 Å². The molecule has 0 heterocycles. The van der Waals surface area contributed by atoms with Gasteiger partial charge < -0.3 is 4.90 Å². The normalized spacial score (nSPS) is 15.1. The number of hydrogen-bond donors (Lipinski definition) is 0. The highest BCUT2D eigenvalue weighted by Crippen LogP contribution is 2.31. The fraction of sp³-hybridized carbons (Fsp3) is 0.417. The Balaban J connectivity index is 2.01. The van der Waals surface area contributed by atoms with Crippen molar-refractivity contribution in [1.29, 1.82) is 0 Å². The number of benzene rings is 1. The first-order valence-electron chi connectivity index (χ1n) is 5.17. The third kappa shape index (κ3) is 2.71. The summed E-state index contributed by atoms with van der Waals surface area (Å²) in [4.78, 5) is 13.6. The maximum Gasteiger partial charge on any atom is 0.225 e. The average molecular weight is 315 g/mol. The summed E-state index contributed by atoms with van der Waals surface area (Å²) in [5.74, 6) is 0.617. The number of nitrogens with zero attached hydrogens (tertiary/aromatic N) is 1. The van der Waals surface area contributed by atoms with Crippen molar-refractivity contribution in [3.63, 3.8) is 0 Å². The lowest BCUT2D eigenvalue weighted by molar-refractivity contribution is -0.131. The van der Waals surface area contributed by atoms with Crippen LogP contribution in [-0.2, 0) is 11.3 Å². The molecule has 1 aliphatic carbocycles. The zero-order chi connectivity index (χ0) is 10.8. The van der Waals surface area contributed by atoms with Gasteiger partial charge in [0.15, 0.2) is 0 Å². The Bertz CT molecular complexity index is 374. The standard InChI is InChI=1S/C12H14INO/c1-14(12(15)9-6-7-9)8-10-4-2-3-5-11(10)13/h2-5,9H,6-8H2,1H3. The minimum atomic E-state index is 0.301. The lowest BCUT2D eigenvalue weighted by Crippen LogP contribution is -2.27. The van der Waals surface area contributed by atoms with E-state index in [1.165, 1.54) is 9.13 Å². The van der Waals surface area contributed by atoms with E-state index in [4.69, 9.17) is 0 Å². The molecule has 0 saturated heterocycles. The van der Waals surface area contributed by atoms with Gasteiger partial charge in [-0.25, -0.2) is 0 Å². The van der Waals surface area contributed by atoms with Gasteiger partial charge in [-0.3, -0.25) is 4.79 Å². The molecule has 0 aliphatic heterocycles. The lowest BCUT2D eigenvalue weighted by atomic mass is 10.2. The molecule has 0 radical (unpaired) electrons. The van der Waals surface area contributed by atoms with Gasteiger partial charge in [-0.15, -0.1) is 0 Å². The summed E-state index contributed by atoms with van der Waals surface area (Å²) in [6.07, 6.45) is 2.16. The maximum atomic E-state index is 11.7. The number of hydrogen-bond acceptors (Lipinski definition) is 1. The van der Waals surface area contributed by atoms with Crippen LogP contribution in [-0.4, -0.2) is 17.9 Å². The molecule has 3 heteroatoms. The van der Waals surface area contributed by atoms with Crippen molar-refractivity contribution in [3.05, 3.63) is 33.4 Å². The van der Waals surface area contributed by atoms with Crippen LogP contribution in [0.2, 0.25) is 0 Å². The van der Waals surface area contributed by atoms with E-state index >= 15 is 0 Å². The third-order valence-electron chi connectivity index (χ3n) is 2.67. The Morgan fingerprint density at radius 2 is 2.13 bits per heavy atom. The fourth-order valence-electron chi connectivity index (χ4n) is 1.60. The van der Waals surface area contributed by atoms with E-state index in [0.717, 1.165) is 19.4 Å². The summed E-state index contributed by atoms with van der Waals surface area (Å²) in [6, 6.07) is 8.20. The Morgan fingerprint density at radius 3 is 2.73 bits per heavy atom. The van der Waals surface area contributed by atoms with Crippen LogP contribution in [0.1, 0.15) is 18.4 Å². The summed E-state index contributed by atoms with van der Waals surface area (Å²) in [5, 5.41) is 0. The molecule has 1 fully saturated rings. The molecule has 15 heavy (non-hydrogen) atoms. The van der Waals surface area contributed by atoms with Gasteiger partial charge in [0, 0.05) is 23.1 Å². The summed E-state index contributed by atoms with van der Waals surface area (Å²) in [7, 11) is 1.89. The smallest absolute Gasteiger partial charge is 0.225 e. The van der Waals surface area contributed by atoms with E-state index in [2.05, 4.69) is 34.7 Å². The van der Waals surface area contributed by atoms with Crippen LogP contribution >= 0.6 is 22.6 Å². The average Bonchev–Trinajstić information content (AvgIpc) is 3.04. The monoisotopic (exact) mass is 315 g/mol. The van der Waals surface area contributed by atoms with Crippen LogP contribution < -0.4 is 0 Å². The van der Waals surface area contributed by atoms with Crippen LogP contribution in [0.25, 0.3) is 0 Å². The van der Waals surface area contributed by atoms with Crippen LogP contribution in [0.15, 0.2) is 24.3 Å². The van der Waals surface area contributed by atoms with Crippen molar-refractivity contribution in [2.75, 3.05) is 7.05 Å². The van der Waals surface area contributed by atoms with Gasteiger partial charge in [0.25, 0.3) is 0 Å². The summed E-state index contributed by atoms with van der Waals surface area (Å²) < 4.78 is 1.23. The molecular weight excluding hydrogens is 301 g/mol. The van der Waals surface area contributed by atoms with Gasteiger partial charge in [0.05, 0.1) is 0 Å². The first kappa shape index (κ1) is 10.9. The minimum Gasteiger partial charge on any atom is -0.341 e. The number of halogens is 1. The quantitative estimate of drug-likeness (QED) is 0.785. The van der Waals surface area contributed by atoms with Gasteiger partial charge in [-0.2, -0.15) is 0 Å². The second-order valence-corrected chi connectivity index (χ2v) is 5.22. The molecule has 2 nitrogen and oxygen atoms in total. The molecule has 0 atom stereocenters. The van der Waals surface area contributed by atoms with E-state index in [1.807, 2.05) is 24.1 Å². The van der Waals surface area contributed by atoms with E-state index in [0.29, 0.717) is 11.8 Å². The molecule has 2 rings (SSSR count). The van der Waals surface area contributed by atoms with Gasteiger partial charge in [-0.05, 0) is 47.1 Å². The molecule has 1 aromatic carbocycles. The van der Waals surface area contributed by atoms with Crippen molar-refractivity contribution in [3.8, 4) is 0 Å². The SMILES string of the molecule is CN(Cc1ccccc1I)C(=O)C1CC1. The van der Waals surface area contributed by atoms with Gasteiger partial charge in [0.1, 0.15) is 0 Å². The van der Waals surface area contributed by atoms with Crippen molar-refractivity contribution in [2.45, 2.75) is 19.4 Å². The first-order chi connectivity index (χ1) is 7.18. The Hall–Kier alpha value is -0.580. The molecule has 0 unspecified atom stereocenters. The first-order valence-corrected chi connectivity index (χ1v) is 6.24. The molecule has 1 aromatic rings.